The molecule has 0 saturated carbocycles. The molecule has 9 heteroatoms. The molecule has 1 aliphatic heterocycles. The number of benzene rings is 2. The Morgan fingerprint density at radius 3 is 2.39 bits per heavy atom. The van der Waals surface area contributed by atoms with E-state index in [1.165, 1.54) is 0 Å². The van der Waals surface area contributed by atoms with Crippen LogP contribution in [0.15, 0.2) is 71.4 Å². The molecule has 1 aliphatic rings. The van der Waals surface area contributed by atoms with E-state index in [4.69, 9.17) is 19.3 Å². The van der Waals surface area contributed by atoms with Gasteiger partial charge in [0.25, 0.3) is 11.8 Å². The lowest BCUT2D eigenvalue weighted by Crippen LogP contribution is -2.43. The molecule has 0 N–H and O–H groups in total. The van der Waals surface area contributed by atoms with Crippen LogP contribution in [-0.4, -0.2) is 61.0 Å². The molecule has 0 unspecified atom stereocenters. The zero-order valence-corrected chi connectivity index (χ0v) is 21.7. The predicted molar refractivity (Wildman–Crippen MR) is 142 cm³/mol. The Balaban J connectivity index is 1.89. The monoisotopic (exact) mass is 512 g/mol. The molecule has 194 valence electrons. The number of hydrogen-bond donors (Lipinski definition) is 0. The number of aromatic nitrogens is 2. The molecule has 2 aromatic carbocycles. The van der Waals surface area contributed by atoms with Crippen molar-refractivity contribution in [1.29, 1.82) is 5.26 Å². The third kappa shape index (κ3) is 5.08. The minimum Gasteiger partial charge on any atom is -0.493 e. The Labute approximate surface area is 221 Å². The minimum atomic E-state index is -0.594. The summed E-state index contributed by atoms with van der Waals surface area (Å²) in [4.78, 5) is 27.5. The van der Waals surface area contributed by atoms with E-state index >= 15 is 0 Å². The van der Waals surface area contributed by atoms with Gasteiger partial charge in [0, 0.05) is 43.2 Å². The molecule has 38 heavy (non-hydrogen) atoms. The summed E-state index contributed by atoms with van der Waals surface area (Å²) in [7, 11) is 4.67. The lowest BCUT2D eigenvalue weighted by atomic mass is 9.93. The molecule has 3 aromatic rings. The van der Waals surface area contributed by atoms with Crippen LogP contribution >= 0.6 is 0 Å². The number of methoxy groups -OCH3 is 3. The Kier molecular flexibility index (Phi) is 8.04. The van der Waals surface area contributed by atoms with Crippen molar-refractivity contribution in [2.45, 2.75) is 13.3 Å². The lowest BCUT2D eigenvalue weighted by molar-refractivity contribution is -0.140. The summed E-state index contributed by atoms with van der Waals surface area (Å²) < 4.78 is 17.7. The van der Waals surface area contributed by atoms with Gasteiger partial charge in [-0.25, -0.2) is 4.68 Å². The van der Waals surface area contributed by atoms with E-state index in [0.717, 1.165) is 16.2 Å². The van der Waals surface area contributed by atoms with Gasteiger partial charge < -0.3 is 14.2 Å². The van der Waals surface area contributed by atoms with Gasteiger partial charge in [-0.15, -0.1) is 0 Å². The smallest absolute Gasteiger partial charge is 0.271 e. The number of ether oxygens (including phenoxy) is 3. The van der Waals surface area contributed by atoms with Gasteiger partial charge in [-0.1, -0.05) is 18.2 Å². The number of nitriles is 1. The van der Waals surface area contributed by atoms with Crippen molar-refractivity contribution >= 4 is 17.9 Å². The van der Waals surface area contributed by atoms with Crippen LogP contribution in [-0.2, 0) is 14.3 Å². The van der Waals surface area contributed by atoms with Crippen LogP contribution in [0.1, 0.15) is 18.9 Å². The van der Waals surface area contributed by atoms with E-state index in [-0.39, 0.29) is 17.7 Å². The number of nitrogens with zero attached hydrogens (tertiary/aromatic N) is 4. The summed E-state index contributed by atoms with van der Waals surface area (Å²) in [6, 6.07) is 17.0. The van der Waals surface area contributed by atoms with Gasteiger partial charge in [-0.05, 0) is 55.3 Å². The summed E-state index contributed by atoms with van der Waals surface area (Å²) in [5.41, 5.74) is 3.31. The highest BCUT2D eigenvalue weighted by molar-refractivity contribution is 6.19. The molecule has 2 amide bonds. The fraction of sp³-hybridized carbons (Fsp3) is 0.241. The number of para-hydroxylation sites is 1. The number of amides is 2. The molecule has 0 spiro atoms. The molecule has 2 heterocycles. The SMILES string of the molecule is COCCCN1C(=O)C(C#N)=C(C)/C(=C\c2cn(-c3ccccc3)nc2-c2ccc(OC)c(OC)c2)C1=O. The van der Waals surface area contributed by atoms with Crippen LogP contribution in [0.25, 0.3) is 23.0 Å². The Morgan fingerprint density at radius 1 is 1.00 bits per heavy atom. The fourth-order valence-electron chi connectivity index (χ4n) is 4.27. The van der Waals surface area contributed by atoms with Gasteiger partial charge in [0.15, 0.2) is 11.5 Å². The highest BCUT2D eigenvalue weighted by Gasteiger charge is 2.35. The van der Waals surface area contributed by atoms with Crippen LogP contribution in [0.3, 0.4) is 0 Å². The van der Waals surface area contributed by atoms with Crippen molar-refractivity contribution in [2.24, 2.45) is 0 Å². The third-order valence-electron chi connectivity index (χ3n) is 6.28. The molecule has 0 bridgehead atoms. The first-order valence-corrected chi connectivity index (χ1v) is 12.0. The lowest BCUT2D eigenvalue weighted by Gasteiger charge is -2.27. The molecule has 0 atom stereocenters. The minimum absolute atomic E-state index is 0.0589. The van der Waals surface area contributed by atoms with Gasteiger partial charge in [0.2, 0.25) is 0 Å². The zero-order chi connectivity index (χ0) is 27.2. The Bertz CT molecular complexity index is 1460. The molecule has 0 radical (unpaired) electrons. The van der Waals surface area contributed by atoms with E-state index in [2.05, 4.69) is 0 Å². The van der Waals surface area contributed by atoms with E-state index < -0.39 is 11.8 Å². The molecule has 9 nitrogen and oxygen atoms in total. The maximum atomic E-state index is 13.5. The predicted octanol–water partition coefficient (Wildman–Crippen LogP) is 4.19. The highest BCUT2D eigenvalue weighted by Crippen LogP contribution is 2.35. The Morgan fingerprint density at radius 2 is 1.74 bits per heavy atom. The Hall–Kier alpha value is -4.68. The average molecular weight is 513 g/mol. The molecule has 0 fully saturated rings. The van der Waals surface area contributed by atoms with Crippen molar-refractivity contribution < 1.29 is 23.8 Å². The van der Waals surface area contributed by atoms with Crippen molar-refractivity contribution in [3.63, 3.8) is 0 Å². The summed E-state index contributed by atoms with van der Waals surface area (Å²) in [6.45, 7) is 2.14. The molecular formula is C29H28N4O5. The standard InChI is InChI=1S/C29H28N4O5/c1-19-23(28(34)32(13-8-14-36-2)29(35)24(19)17-30)15-21-18-33(22-9-6-5-7-10-22)31-27(21)20-11-12-25(37-3)26(16-20)38-4/h5-7,9-12,15-16,18H,8,13-14H2,1-4H3/b23-15+. The van der Waals surface area contributed by atoms with Gasteiger partial charge in [0.1, 0.15) is 17.3 Å². The molecule has 1 aromatic heterocycles. The number of carbonyl (C=O) groups is 2. The topological polar surface area (TPSA) is 107 Å². The van der Waals surface area contributed by atoms with Crippen LogP contribution in [0, 0.1) is 11.3 Å². The normalized spacial score (nSPS) is 14.7. The largest absolute Gasteiger partial charge is 0.493 e. The zero-order valence-electron chi connectivity index (χ0n) is 21.7. The van der Waals surface area contributed by atoms with Crippen LogP contribution in [0.2, 0.25) is 0 Å². The molecule has 4 rings (SSSR count). The number of hydrogen-bond acceptors (Lipinski definition) is 7. The quantitative estimate of drug-likeness (QED) is 0.240. The fourth-order valence-corrected chi connectivity index (χ4v) is 4.27. The van der Waals surface area contributed by atoms with E-state index in [1.54, 1.807) is 45.1 Å². The van der Waals surface area contributed by atoms with Gasteiger partial charge >= 0.3 is 0 Å². The third-order valence-corrected chi connectivity index (χ3v) is 6.28. The number of imide groups is 1. The summed E-state index contributed by atoms with van der Waals surface area (Å²) in [6.07, 6.45) is 3.96. The van der Waals surface area contributed by atoms with E-state index in [1.807, 2.05) is 54.7 Å². The summed E-state index contributed by atoms with van der Waals surface area (Å²) in [5.74, 6) is 0.0461. The summed E-state index contributed by atoms with van der Waals surface area (Å²) >= 11 is 0. The number of rotatable bonds is 9. The van der Waals surface area contributed by atoms with E-state index in [9.17, 15) is 14.9 Å². The van der Waals surface area contributed by atoms with Crippen molar-refractivity contribution in [3.05, 3.63) is 77.0 Å². The van der Waals surface area contributed by atoms with Gasteiger partial charge in [-0.2, -0.15) is 10.4 Å². The number of carbonyl (C=O) groups excluding carboxylic acids is 2. The maximum Gasteiger partial charge on any atom is 0.271 e. The van der Waals surface area contributed by atoms with Crippen LogP contribution in [0.4, 0.5) is 0 Å². The van der Waals surface area contributed by atoms with Crippen molar-refractivity contribution in [3.8, 4) is 34.5 Å². The highest BCUT2D eigenvalue weighted by atomic mass is 16.5. The summed E-state index contributed by atoms with van der Waals surface area (Å²) in [5, 5.41) is 14.5. The van der Waals surface area contributed by atoms with Gasteiger partial charge in [0.05, 0.1) is 19.9 Å². The first-order valence-electron chi connectivity index (χ1n) is 12.0. The van der Waals surface area contributed by atoms with Gasteiger partial charge in [-0.3, -0.25) is 14.5 Å². The van der Waals surface area contributed by atoms with Crippen LogP contribution in [0.5, 0.6) is 11.5 Å². The van der Waals surface area contributed by atoms with E-state index in [0.29, 0.717) is 41.4 Å². The second-order valence-electron chi connectivity index (χ2n) is 8.56. The second kappa shape index (κ2) is 11.6. The molecule has 0 aliphatic carbocycles. The molecule has 0 saturated heterocycles. The first kappa shape index (κ1) is 26.4. The average Bonchev–Trinajstić information content (AvgIpc) is 3.37. The second-order valence-corrected chi connectivity index (χ2v) is 8.56. The van der Waals surface area contributed by atoms with Crippen molar-refractivity contribution in [1.82, 2.24) is 14.7 Å². The van der Waals surface area contributed by atoms with Crippen molar-refractivity contribution in [2.75, 3.05) is 34.5 Å². The molecular weight excluding hydrogens is 484 g/mol. The van der Waals surface area contributed by atoms with Crippen LogP contribution < -0.4 is 9.47 Å². The maximum absolute atomic E-state index is 13.5. The first-order chi connectivity index (χ1) is 18.4.